The molecule has 1 aliphatic carbocycles. The zero-order valence-corrected chi connectivity index (χ0v) is 14.8. The van der Waals surface area contributed by atoms with Crippen molar-refractivity contribution in [3.8, 4) is 11.6 Å². The van der Waals surface area contributed by atoms with E-state index in [-0.39, 0.29) is 17.1 Å². The van der Waals surface area contributed by atoms with Crippen LogP contribution in [0.15, 0.2) is 18.3 Å². The standard InChI is InChI=1S/C18H30N2O2/c1-17(2,3)12-21-14-7-8-16(19-11-14)22-15-9-13(10-15)20-18(4,5)6/h7-8,11,13,15,20H,9-10,12H2,1-6H3. The molecule has 1 aromatic rings. The van der Waals surface area contributed by atoms with Crippen molar-refractivity contribution in [1.82, 2.24) is 10.3 Å². The summed E-state index contributed by atoms with van der Waals surface area (Å²) in [6.45, 7) is 13.7. The first-order chi connectivity index (χ1) is 10.1. The van der Waals surface area contributed by atoms with Gasteiger partial charge in [0.1, 0.15) is 11.9 Å². The van der Waals surface area contributed by atoms with E-state index < -0.39 is 0 Å². The van der Waals surface area contributed by atoms with Crippen LogP contribution in [-0.2, 0) is 0 Å². The fraction of sp³-hybridized carbons (Fsp3) is 0.722. The molecule has 124 valence electrons. The highest BCUT2D eigenvalue weighted by Gasteiger charge is 2.33. The van der Waals surface area contributed by atoms with Crippen LogP contribution in [0.3, 0.4) is 0 Å². The monoisotopic (exact) mass is 306 g/mol. The normalized spacial score (nSPS) is 22.1. The fourth-order valence-corrected chi connectivity index (χ4v) is 2.38. The minimum Gasteiger partial charge on any atom is -0.491 e. The molecule has 0 aliphatic heterocycles. The van der Waals surface area contributed by atoms with Gasteiger partial charge >= 0.3 is 0 Å². The van der Waals surface area contributed by atoms with E-state index in [1.165, 1.54) is 0 Å². The van der Waals surface area contributed by atoms with Gasteiger partial charge < -0.3 is 14.8 Å². The molecule has 22 heavy (non-hydrogen) atoms. The van der Waals surface area contributed by atoms with Crippen molar-refractivity contribution in [2.45, 2.75) is 72.1 Å². The lowest BCUT2D eigenvalue weighted by Gasteiger charge is -2.39. The number of nitrogens with zero attached hydrogens (tertiary/aromatic N) is 1. The summed E-state index contributed by atoms with van der Waals surface area (Å²) in [4.78, 5) is 4.33. The lowest BCUT2D eigenvalue weighted by atomic mass is 9.87. The molecule has 4 heteroatoms. The zero-order chi connectivity index (χ0) is 16.4. The summed E-state index contributed by atoms with van der Waals surface area (Å²) in [7, 11) is 0. The molecule has 0 unspecified atom stereocenters. The summed E-state index contributed by atoms with van der Waals surface area (Å²) in [5.41, 5.74) is 0.316. The Morgan fingerprint density at radius 2 is 1.82 bits per heavy atom. The Labute approximate surface area is 134 Å². The Hall–Kier alpha value is -1.29. The van der Waals surface area contributed by atoms with E-state index in [1.54, 1.807) is 6.20 Å². The molecule has 0 radical (unpaired) electrons. The van der Waals surface area contributed by atoms with Crippen LogP contribution in [0.5, 0.6) is 11.6 Å². The van der Waals surface area contributed by atoms with E-state index in [9.17, 15) is 0 Å². The van der Waals surface area contributed by atoms with Gasteiger partial charge in [-0.3, -0.25) is 0 Å². The topological polar surface area (TPSA) is 43.4 Å². The molecule has 1 N–H and O–H groups in total. The van der Waals surface area contributed by atoms with Crippen molar-refractivity contribution in [2.24, 2.45) is 5.41 Å². The van der Waals surface area contributed by atoms with Gasteiger partial charge in [0, 0.05) is 17.6 Å². The van der Waals surface area contributed by atoms with E-state index in [4.69, 9.17) is 9.47 Å². The summed E-state index contributed by atoms with van der Waals surface area (Å²) in [6, 6.07) is 4.37. The number of aromatic nitrogens is 1. The number of pyridine rings is 1. The molecule has 0 amide bonds. The van der Waals surface area contributed by atoms with Gasteiger partial charge in [-0.25, -0.2) is 4.98 Å². The van der Waals surface area contributed by atoms with Crippen molar-refractivity contribution in [3.63, 3.8) is 0 Å². The fourth-order valence-electron chi connectivity index (χ4n) is 2.38. The van der Waals surface area contributed by atoms with E-state index >= 15 is 0 Å². The maximum absolute atomic E-state index is 5.89. The largest absolute Gasteiger partial charge is 0.491 e. The number of hydrogen-bond donors (Lipinski definition) is 1. The maximum atomic E-state index is 5.89. The molecular formula is C18H30N2O2. The van der Waals surface area contributed by atoms with Crippen LogP contribution in [-0.4, -0.2) is 29.3 Å². The first-order valence-electron chi connectivity index (χ1n) is 8.14. The Morgan fingerprint density at radius 3 is 2.32 bits per heavy atom. The lowest BCUT2D eigenvalue weighted by molar-refractivity contribution is 0.0693. The maximum Gasteiger partial charge on any atom is 0.213 e. The molecule has 1 aliphatic rings. The third kappa shape index (κ3) is 5.84. The third-order valence-electron chi connectivity index (χ3n) is 3.40. The molecule has 0 bridgehead atoms. The van der Waals surface area contributed by atoms with Crippen molar-refractivity contribution in [1.29, 1.82) is 0 Å². The minimum absolute atomic E-state index is 0.149. The SMILES string of the molecule is CC(C)(C)COc1ccc(OC2CC(NC(C)(C)C)C2)nc1. The van der Waals surface area contributed by atoms with Gasteiger partial charge in [0.25, 0.3) is 0 Å². The first-order valence-corrected chi connectivity index (χ1v) is 8.14. The van der Waals surface area contributed by atoms with Crippen molar-refractivity contribution >= 4 is 0 Å². The van der Waals surface area contributed by atoms with Gasteiger partial charge in [-0.1, -0.05) is 20.8 Å². The smallest absolute Gasteiger partial charge is 0.213 e. The van der Waals surface area contributed by atoms with E-state index in [2.05, 4.69) is 51.8 Å². The van der Waals surface area contributed by atoms with Gasteiger partial charge in [-0.2, -0.15) is 0 Å². The highest BCUT2D eigenvalue weighted by molar-refractivity contribution is 5.23. The van der Waals surface area contributed by atoms with Crippen molar-refractivity contribution in [3.05, 3.63) is 18.3 Å². The van der Waals surface area contributed by atoms with E-state index in [1.807, 2.05) is 12.1 Å². The molecule has 4 nitrogen and oxygen atoms in total. The number of nitrogens with one attached hydrogen (secondary N) is 1. The molecule has 0 aromatic carbocycles. The molecular weight excluding hydrogens is 276 g/mol. The molecule has 2 rings (SSSR count). The third-order valence-corrected chi connectivity index (χ3v) is 3.40. The second-order valence-electron chi connectivity index (χ2n) is 8.48. The quantitative estimate of drug-likeness (QED) is 0.898. The van der Waals surface area contributed by atoms with Crippen molar-refractivity contribution < 1.29 is 9.47 Å². The summed E-state index contributed by atoms with van der Waals surface area (Å²) in [5, 5.41) is 3.59. The zero-order valence-electron chi connectivity index (χ0n) is 14.8. The van der Waals surface area contributed by atoms with Gasteiger partial charge in [0.15, 0.2) is 0 Å². The average Bonchev–Trinajstić information content (AvgIpc) is 2.33. The molecule has 0 saturated heterocycles. The molecule has 1 saturated carbocycles. The highest BCUT2D eigenvalue weighted by Crippen LogP contribution is 2.27. The van der Waals surface area contributed by atoms with Gasteiger partial charge in [-0.05, 0) is 45.1 Å². The van der Waals surface area contributed by atoms with Crippen LogP contribution >= 0.6 is 0 Å². The summed E-state index contributed by atoms with van der Waals surface area (Å²) < 4.78 is 11.6. The van der Waals surface area contributed by atoms with E-state index in [0.29, 0.717) is 18.5 Å². The van der Waals surface area contributed by atoms with Gasteiger partial charge in [-0.15, -0.1) is 0 Å². The Balaban J connectivity index is 1.74. The molecule has 1 fully saturated rings. The van der Waals surface area contributed by atoms with E-state index in [0.717, 1.165) is 18.6 Å². The van der Waals surface area contributed by atoms with Gasteiger partial charge in [0.05, 0.1) is 12.8 Å². The number of hydrogen-bond acceptors (Lipinski definition) is 4. The highest BCUT2D eigenvalue weighted by atomic mass is 16.5. The number of rotatable bonds is 5. The summed E-state index contributed by atoms with van der Waals surface area (Å²) in [5.74, 6) is 1.48. The van der Waals surface area contributed by atoms with Gasteiger partial charge in [0.2, 0.25) is 5.88 Å². The van der Waals surface area contributed by atoms with Crippen LogP contribution in [0, 0.1) is 5.41 Å². The second-order valence-corrected chi connectivity index (χ2v) is 8.48. The van der Waals surface area contributed by atoms with Crippen LogP contribution in [0.1, 0.15) is 54.4 Å². The van der Waals surface area contributed by atoms with Crippen molar-refractivity contribution in [2.75, 3.05) is 6.61 Å². The molecule has 0 atom stereocenters. The number of ether oxygens (including phenoxy) is 2. The predicted molar refractivity (Wildman–Crippen MR) is 89.5 cm³/mol. The summed E-state index contributed by atoms with van der Waals surface area (Å²) in [6.07, 6.45) is 4.10. The molecule has 0 spiro atoms. The molecule has 1 aromatic heterocycles. The Morgan fingerprint density at radius 1 is 1.14 bits per heavy atom. The van der Waals surface area contributed by atoms with Crippen LogP contribution in [0.4, 0.5) is 0 Å². The first kappa shape index (κ1) is 17.1. The predicted octanol–water partition coefficient (Wildman–Crippen LogP) is 3.80. The Bertz CT molecular complexity index is 465. The van der Waals surface area contributed by atoms with Crippen LogP contribution in [0.2, 0.25) is 0 Å². The van der Waals surface area contributed by atoms with Crippen LogP contribution < -0.4 is 14.8 Å². The Kier molecular flexibility index (Phi) is 5.00. The minimum atomic E-state index is 0.149. The lowest BCUT2D eigenvalue weighted by Crippen LogP contribution is -2.53. The van der Waals surface area contributed by atoms with Crippen LogP contribution in [0.25, 0.3) is 0 Å². The average molecular weight is 306 g/mol. The second kappa shape index (κ2) is 6.45. The molecule has 1 heterocycles. The summed E-state index contributed by atoms with van der Waals surface area (Å²) >= 11 is 0.